The van der Waals surface area contributed by atoms with Crippen LogP contribution in [0.5, 0.6) is 0 Å². The fourth-order valence-electron chi connectivity index (χ4n) is 6.04. The van der Waals surface area contributed by atoms with Crippen molar-refractivity contribution in [2.75, 3.05) is 0 Å². The molecule has 0 nitrogen and oxygen atoms in total. The van der Waals surface area contributed by atoms with Crippen molar-refractivity contribution in [1.29, 1.82) is 0 Å². The SMILES string of the molecule is CCCCCCC[CH2][Sn]1([CH2]CCCCCCC)[S][Sn]([CH2]CCCCCCC)([CH2]CCCCCCC)[S]1. The van der Waals surface area contributed by atoms with Crippen LogP contribution in [0.25, 0.3) is 0 Å². The summed E-state index contributed by atoms with van der Waals surface area (Å²) in [4.78, 5) is 0. The van der Waals surface area contributed by atoms with Gasteiger partial charge in [0, 0.05) is 0 Å². The molecule has 1 saturated heterocycles. The average molecular weight is 754 g/mol. The first-order valence-electron chi connectivity index (χ1n) is 17.1. The van der Waals surface area contributed by atoms with E-state index in [2.05, 4.69) is 40.0 Å². The van der Waals surface area contributed by atoms with Crippen LogP contribution in [-0.2, 0) is 0 Å². The van der Waals surface area contributed by atoms with Crippen LogP contribution in [0.15, 0.2) is 0 Å². The van der Waals surface area contributed by atoms with Crippen molar-refractivity contribution in [3.8, 4) is 0 Å². The Bertz CT molecular complexity index is 389. The van der Waals surface area contributed by atoms with Crippen LogP contribution in [-0.4, -0.2) is 31.2 Å². The van der Waals surface area contributed by atoms with Gasteiger partial charge in [0.05, 0.1) is 0 Å². The Kier molecular flexibility index (Phi) is 25.3. The summed E-state index contributed by atoms with van der Waals surface area (Å²) >= 11 is -3.86. The van der Waals surface area contributed by atoms with Gasteiger partial charge in [0.1, 0.15) is 0 Å². The van der Waals surface area contributed by atoms with Crippen LogP contribution in [0, 0.1) is 0 Å². The van der Waals surface area contributed by atoms with Crippen molar-refractivity contribution >= 4 is 43.5 Å². The number of hydrogen-bond acceptors (Lipinski definition) is 2. The maximum atomic E-state index is 2.92. The summed E-state index contributed by atoms with van der Waals surface area (Å²) in [6.45, 7) is 9.42. The van der Waals surface area contributed by atoms with Crippen molar-refractivity contribution < 1.29 is 0 Å². The fraction of sp³-hybridized carbons (Fsp3) is 1.00. The van der Waals surface area contributed by atoms with E-state index in [1.54, 1.807) is 69.1 Å². The number of unbranched alkanes of at least 4 members (excludes halogenated alkanes) is 20. The predicted octanol–water partition coefficient (Wildman–Crippen LogP) is 13.8. The number of rotatable bonds is 28. The summed E-state index contributed by atoms with van der Waals surface area (Å²) in [5.41, 5.74) is 0. The molecule has 0 aliphatic carbocycles. The molecule has 1 fully saturated rings. The molecular weight excluding hydrogens is 686 g/mol. The Morgan fingerprint density at radius 1 is 0.278 bits per heavy atom. The third-order valence-corrected chi connectivity index (χ3v) is 177. The van der Waals surface area contributed by atoms with Crippen molar-refractivity contribution in [3.63, 3.8) is 0 Å². The van der Waals surface area contributed by atoms with Gasteiger partial charge >= 0.3 is 243 Å². The molecule has 1 aliphatic heterocycles. The number of hydrogen-bond donors (Lipinski definition) is 0. The van der Waals surface area contributed by atoms with Gasteiger partial charge in [-0.15, -0.1) is 0 Å². The molecule has 0 aromatic heterocycles. The zero-order valence-electron chi connectivity index (χ0n) is 25.6. The predicted molar refractivity (Wildman–Crippen MR) is 179 cm³/mol. The molecule has 1 aliphatic rings. The van der Waals surface area contributed by atoms with Gasteiger partial charge in [0.25, 0.3) is 0 Å². The average Bonchev–Trinajstić information content (AvgIpc) is 2.86. The van der Waals surface area contributed by atoms with Crippen molar-refractivity contribution in [3.05, 3.63) is 0 Å². The molecule has 216 valence electrons. The summed E-state index contributed by atoms with van der Waals surface area (Å²) in [5.74, 6) is 0. The fourth-order valence-corrected chi connectivity index (χ4v) is 246. The molecule has 0 spiro atoms. The van der Waals surface area contributed by atoms with E-state index in [0.29, 0.717) is 0 Å². The van der Waals surface area contributed by atoms with Gasteiger partial charge in [-0.25, -0.2) is 0 Å². The second-order valence-electron chi connectivity index (χ2n) is 12.1. The molecule has 0 saturated carbocycles. The van der Waals surface area contributed by atoms with E-state index in [1.165, 1.54) is 103 Å². The van der Waals surface area contributed by atoms with Crippen molar-refractivity contribution in [1.82, 2.24) is 0 Å². The topological polar surface area (TPSA) is 0 Å². The van der Waals surface area contributed by atoms with Gasteiger partial charge in [-0.1, -0.05) is 0 Å². The first-order chi connectivity index (χ1) is 17.7. The molecule has 0 N–H and O–H groups in total. The second-order valence-corrected chi connectivity index (χ2v) is 80.0. The first-order valence-corrected chi connectivity index (χ1v) is 40.7. The van der Waals surface area contributed by atoms with Gasteiger partial charge in [-0.2, -0.15) is 0 Å². The summed E-state index contributed by atoms with van der Waals surface area (Å²) in [6.07, 6.45) is 41.9. The molecule has 0 unspecified atom stereocenters. The Morgan fingerprint density at radius 2 is 0.472 bits per heavy atom. The van der Waals surface area contributed by atoms with Crippen LogP contribution < -0.4 is 0 Å². The normalized spacial score (nSPS) is 16.3. The molecule has 0 bridgehead atoms. The Labute approximate surface area is 240 Å². The minimum atomic E-state index is -1.93. The molecule has 36 heavy (non-hydrogen) atoms. The Balaban J connectivity index is 2.59. The summed E-state index contributed by atoms with van der Waals surface area (Å²) in [6, 6.07) is 0. The molecule has 0 amide bonds. The van der Waals surface area contributed by atoms with E-state index >= 15 is 0 Å². The van der Waals surface area contributed by atoms with Crippen molar-refractivity contribution in [2.45, 2.75) is 200 Å². The zero-order chi connectivity index (χ0) is 26.2. The quantitative estimate of drug-likeness (QED) is 0.0576. The first kappa shape index (κ1) is 36.3. The third-order valence-electron chi connectivity index (χ3n) is 8.39. The van der Waals surface area contributed by atoms with E-state index < -0.39 is 31.2 Å². The van der Waals surface area contributed by atoms with Crippen LogP contribution in [0.3, 0.4) is 0 Å². The Morgan fingerprint density at radius 3 is 0.694 bits per heavy atom. The molecule has 0 radical (unpaired) electrons. The van der Waals surface area contributed by atoms with Crippen LogP contribution in [0.1, 0.15) is 182 Å². The third kappa shape index (κ3) is 17.9. The van der Waals surface area contributed by atoms with E-state index in [9.17, 15) is 0 Å². The molecule has 0 atom stereocenters. The second kappa shape index (κ2) is 25.0. The standard InChI is InChI=1S/4C8H17.2S.2Sn/c4*1-3-5-7-8-6-4-2;;;;/h4*1,3-8H2,2H3;;;;. The molecule has 4 heteroatoms. The minimum absolute atomic E-state index is 1.39. The molecule has 1 heterocycles. The van der Waals surface area contributed by atoms with Crippen LogP contribution in [0.4, 0.5) is 0 Å². The van der Waals surface area contributed by atoms with E-state index in [0.717, 1.165) is 0 Å². The molecular formula is C32H68S2Sn2. The summed E-state index contributed by atoms with van der Waals surface area (Å²) in [5, 5.41) is 0. The maximum absolute atomic E-state index is 2.92. The van der Waals surface area contributed by atoms with Crippen molar-refractivity contribution in [2.24, 2.45) is 0 Å². The Hall–Kier alpha value is 2.30. The monoisotopic (exact) mass is 756 g/mol. The van der Waals surface area contributed by atoms with Crippen LogP contribution >= 0.6 is 12.3 Å². The van der Waals surface area contributed by atoms with Gasteiger partial charge in [-0.3, -0.25) is 0 Å². The van der Waals surface area contributed by atoms with Gasteiger partial charge in [0.15, 0.2) is 0 Å². The summed E-state index contributed by atoms with van der Waals surface area (Å²) < 4.78 is 6.99. The van der Waals surface area contributed by atoms with Crippen LogP contribution in [0.2, 0.25) is 17.7 Å². The van der Waals surface area contributed by atoms with Gasteiger partial charge in [-0.05, 0) is 0 Å². The molecule has 0 aromatic carbocycles. The van der Waals surface area contributed by atoms with E-state index in [4.69, 9.17) is 0 Å². The zero-order valence-corrected chi connectivity index (χ0v) is 33.0. The molecule has 0 aromatic rings. The van der Waals surface area contributed by atoms with E-state index in [1.807, 2.05) is 0 Å². The van der Waals surface area contributed by atoms with Gasteiger partial charge in [0.2, 0.25) is 0 Å². The molecule has 1 rings (SSSR count). The summed E-state index contributed by atoms with van der Waals surface area (Å²) in [7, 11) is 0. The van der Waals surface area contributed by atoms with Gasteiger partial charge < -0.3 is 0 Å². The van der Waals surface area contributed by atoms with E-state index in [-0.39, 0.29) is 0 Å².